The minimum atomic E-state index is 0.0375. The van der Waals surface area contributed by atoms with Crippen LogP contribution in [0.5, 0.6) is 11.5 Å². The van der Waals surface area contributed by atoms with Gasteiger partial charge in [0.15, 0.2) is 11.5 Å². The molecule has 0 aliphatic carbocycles. The second-order valence-electron chi connectivity index (χ2n) is 8.60. The van der Waals surface area contributed by atoms with E-state index < -0.39 is 0 Å². The van der Waals surface area contributed by atoms with Crippen molar-refractivity contribution in [1.82, 2.24) is 19.8 Å². The van der Waals surface area contributed by atoms with Crippen LogP contribution in [-0.4, -0.2) is 79.2 Å². The number of amides is 1. The van der Waals surface area contributed by atoms with E-state index in [0.29, 0.717) is 25.4 Å². The second-order valence-corrected chi connectivity index (χ2v) is 9.60. The van der Waals surface area contributed by atoms with Gasteiger partial charge in [0.2, 0.25) is 0 Å². The molecule has 0 spiro atoms. The van der Waals surface area contributed by atoms with E-state index >= 15 is 0 Å². The molecule has 0 bridgehead atoms. The predicted octanol–water partition coefficient (Wildman–Crippen LogP) is 3.19. The lowest BCUT2D eigenvalue weighted by atomic mass is 10.1. The van der Waals surface area contributed by atoms with Gasteiger partial charge in [-0.3, -0.25) is 4.79 Å². The molecule has 2 aliphatic heterocycles. The molecule has 1 fully saturated rings. The number of likely N-dealkylation sites (N-methyl/N-ethyl adjacent to an activating group) is 1. The van der Waals surface area contributed by atoms with Crippen LogP contribution in [-0.2, 0) is 6.54 Å². The monoisotopic (exact) mass is 467 g/mol. The fourth-order valence-corrected chi connectivity index (χ4v) is 5.67. The number of aryl methyl sites for hydroxylation is 1. The number of fused-ring (bicyclic) bond motifs is 2. The lowest BCUT2D eigenvalue weighted by Gasteiger charge is -2.33. The molecule has 5 rings (SSSR count). The molecule has 0 N–H and O–H groups in total. The molecule has 0 radical (unpaired) electrons. The van der Waals surface area contributed by atoms with E-state index in [1.165, 1.54) is 11.3 Å². The number of ether oxygens (including phenoxy) is 2. The first-order chi connectivity index (χ1) is 16.1. The van der Waals surface area contributed by atoms with Crippen LogP contribution in [0.4, 0.5) is 5.82 Å². The summed E-state index contributed by atoms with van der Waals surface area (Å²) < 4.78 is 11.4. The Labute approximate surface area is 197 Å². The molecule has 2 aliphatic rings. The van der Waals surface area contributed by atoms with Crippen LogP contribution >= 0.6 is 11.3 Å². The number of hydrogen-bond donors (Lipinski definition) is 0. The summed E-state index contributed by atoms with van der Waals surface area (Å²) in [5.74, 6) is 2.41. The zero-order valence-corrected chi connectivity index (χ0v) is 20.2. The van der Waals surface area contributed by atoms with Crippen molar-refractivity contribution in [1.29, 1.82) is 0 Å². The van der Waals surface area contributed by atoms with Crippen LogP contribution in [0.15, 0.2) is 24.5 Å². The van der Waals surface area contributed by atoms with E-state index in [4.69, 9.17) is 9.47 Å². The highest BCUT2D eigenvalue weighted by Gasteiger charge is 2.27. The van der Waals surface area contributed by atoms with Crippen molar-refractivity contribution < 1.29 is 14.3 Å². The third kappa shape index (κ3) is 4.11. The number of carbonyl (C=O) groups is 1. The maximum atomic E-state index is 13.7. The van der Waals surface area contributed by atoms with Gasteiger partial charge in [0.1, 0.15) is 17.0 Å². The normalized spacial score (nSPS) is 17.3. The quantitative estimate of drug-likeness (QED) is 0.586. The first-order valence-electron chi connectivity index (χ1n) is 11.3. The van der Waals surface area contributed by atoms with Crippen LogP contribution in [0.3, 0.4) is 0 Å². The minimum absolute atomic E-state index is 0.0375. The molecule has 3 aromatic rings. The summed E-state index contributed by atoms with van der Waals surface area (Å²) in [6.07, 6.45) is 2.38. The summed E-state index contributed by atoms with van der Waals surface area (Å²) in [6, 6.07) is 5.83. The Hall–Kier alpha value is -2.91. The number of methoxy groups -OCH3 is 1. The number of piperazine rings is 1. The molecule has 174 valence electrons. The molecule has 8 nitrogen and oxygen atoms in total. The summed E-state index contributed by atoms with van der Waals surface area (Å²) in [4.78, 5) is 31.1. The highest BCUT2D eigenvalue weighted by Crippen LogP contribution is 2.37. The van der Waals surface area contributed by atoms with Crippen LogP contribution in [0.2, 0.25) is 0 Å². The summed E-state index contributed by atoms with van der Waals surface area (Å²) in [6.45, 7) is 7.53. The molecule has 9 heteroatoms. The number of carbonyl (C=O) groups excluding carboxylic acids is 1. The van der Waals surface area contributed by atoms with Crippen molar-refractivity contribution in [3.8, 4) is 11.5 Å². The van der Waals surface area contributed by atoms with Crippen LogP contribution in [0.25, 0.3) is 10.2 Å². The van der Waals surface area contributed by atoms with Gasteiger partial charge in [-0.05, 0) is 32.0 Å². The lowest BCUT2D eigenvalue weighted by Crippen LogP contribution is -2.44. The van der Waals surface area contributed by atoms with Gasteiger partial charge < -0.3 is 24.2 Å². The Morgan fingerprint density at radius 2 is 1.97 bits per heavy atom. The van der Waals surface area contributed by atoms with Crippen molar-refractivity contribution in [3.63, 3.8) is 0 Å². The number of benzene rings is 1. The SMILES string of the molecule is COc1cccc2c1OCCCN(C(=O)c1sc3ncnc(N4CCN(C)CC4)c3c1C)C2. The van der Waals surface area contributed by atoms with Crippen LogP contribution in [0.1, 0.15) is 27.2 Å². The van der Waals surface area contributed by atoms with E-state index in [0.717, 1.165) is 70.4 Å². The number of nitrogens with zero attached hydrogens (tertiary/aromatic N) is 5. The Bertz CT molecular complexity index is 1170. The van der Waals surface area contributed by atoms with Crippen molar-refractivity contribution in [3.05, 3.63) is 40.5 Å². The van der Waals surface area contributed by atoms with E-state index in [1.807, 2.05) is 30.0 Å². The third-order valence-electron chi connectivity index (χ3n) is 6.45. The highest BCUT2D eigenvalue weighted by atomic mass is 32.1. The summed E-state index contributed by atoms with van der Waals surface area (Å²) >= 11 is 1.47. The van der Waals surface area contributed by atoms with Gasteiger partial charge in [-0.1, -0.05) is 12.1 Å². The standard InChI is InChI=1S/C24H29N5O3S/c1-16-19-22(28-11-9-27(2)10-12-28)25-15-26-23(19)33-21(16)24(30)29-8-5-13-32-20-17(14-29)6-4-7-18(20)31-3/h4,6-7,15H,5,8-14H2,1-3H3. The Morgan fingerprint density at radius 3 is 2.76 bits per heavy atom. The zero-order chi connectivity index (χ0) is 22.9. The molecule has 0 saturated carbocycles. The first-order valence-corrected chi connectivity index (χ1v) is 12.1. The van der Waals surface area contributed by atoms with Crippen LogP contribution in [0, 0.1) is 6.92 Å². The topological polar surface area (TPSA) is 71.0 Å². The van der Waals surface area contributed by atoms with Gasteiger partial charge in [0.25, 0.3) is 5.91 Å². The molecule has 0 atom stereocenters. The van der Waals surface area contributed by atoms with Crippen molar-refractivity contribution >= 4 is 33.3 Å². The van der Waals surface area contributed by atoms with Crippen LogP contribution < -0.4 is 14.4 Å². The molecular weight excluding hydrogens is 438 g/mol. The molecule has 4 heterocycles. The van der Waals surface area contributed by atoms with E-state index in [9.17, 15) is 4.79 Å². The largest absolute Gasteiger partial charge is 0.493 e. The Morgan fingerprint density at radius 1 is 1.15 bits per heavy atom. The summed E-state index contributed by atoms with van der Waals surface area (Å²) in [5, 5.41) is 1.01. The molecule has 2 aromatic heterocycles. The van der Waals surface area contributed by atoms with Crippen molar-refractivity contribution in [2.75, 3.05) is 58.4 Å². The fraction of sp³-hybridized carbons (Fsp3) is 0.458. The van der Waals surface area contributed by atoms with E-state index in [1.54, 1.807) is 13.4 Å². The van der Waals surface area contributed by atoms with Gasteiger partial charge in [0, 0.05) is 44.8 Å². The van der Waals surface area contributed by atoms with Gasteiger partial charge in [-0.15, -0.1) is 11.3 Å². The van der Waals surface area contributed by atoms with E-state index in [2.05, 4.69) is 26.8 Å². The predicted molar refractivity (Wildman–Crippen MR) is 130 cm³/mol. The maximum Gasteiger partial charge on any atom is 0.264 e. The molecule has 1 amide bonds. The second kappa shape index (κ2) is 9.15. The average molecular weight is 468 g/mol. The lowest BCUT2D eigenvalue weighted by molar-refractivity contribution is 0.0725. The molecule has 1 saturated heterocycles. The number of thiophene rings is 1. The zero-order valence-electron chi connectivity index (χ0n) is 19.3. The molecule has 0 unspecified atom stereocenters. The van der Waals surface area contributed by atoms with Gasteiger partial charge in [-0.25, -0.2) is 9.97 Å². The smallest absolute Gasteiger partial charge is 0.264 e. The number of rotatable bonds is 3. The molecule has 33 heavy (non-hydrogen) atoms. The van der Waals surface area contributed by atoms with Gasteiger partial charge >= 0.3 is 0 Å². The summed E-state index contributed by atoms with van der Waals surface area (Å²) in [7, 11) is 3.78. The van der Waals surface area contributed by atoms with Crippen molar-refractivity contribution in [2.24, 2.45) is 0 Å². The highest BCUT2D eigenvalue weighted by molar-refractivity contribution is 7.20. The number of aromatic nitrogens is 2. The van der Waals surface area contributed by atoms with E-state index in [-0.39, 0.29) is 5.91 Å². The molecular formula is C24H29N5O3S. The number of hydrogen-bond acceptors (Lipinski definition) is 8. The first kappa shape index (κ1) is 21.9. The Balaban J connectivity index is 1.48. The Kier molecular flexibility index (Phi) is 6.07. The van der Waals surface area contributed by atoms with Gasteiger partial charge in [0.05, 0.1) is 24.0 Å². The third-order valence-corrected chi connectivity index (χ3v) is 7.64. The number of anilines is 1. The van der Waals surface area contributed by atoms with Crippen molar-refractivity contribution in [2.45, 2.75) is 19.9 Å². The summed E-state index contributed by atoms with van der Waals surface area (Å²) in [5.41, 5.74) is 1.93. The maximum absolute atomic E-state index is 13.7. The molecule has 1 aromatic carbocycles. The average Bonchev–Trinajstić information content (AvgIpc) is 3.16. The minimum Gasteiger partial charge on any atom is -0.493 e. The number of para-hydroxylation sites is 1. The van der Waals surface area contributed by atoms with Gasteiger partial charge in [-0.2, -0.15) is 0 Å². The fourth-order valence-electron chi connectivity index (χ4n) is 4.56.